The molecule has 2 aromatic rings. The molecule has 0 saturated carbocycles. The van der Waals surface area contributed by atoms with Crippen LogP contribution in [-0.4, -0.2) is 28.8 Å². The summed E-state index contributed by atoms with van der Waals surface area (Å²) < 4.78 is 0. The van der Waals surface area contributed by atoms with Crippen molar-refractivity contribution in [2.45, 2.75) is 65.6 Å². The molecule has 1 N–H and O–H groups in total. The van der Waals surface area contributed by atoms with E-state index in [0.29, 0.717) is 24.4 Å². The quantitative estimate of drug-likeness (QED) is 0.633. The molecule has 2 rings (SSSR count). The third-order valence-corrected chi connectivity index (χ3v) is 5.54. The minimum atomic E-state index is -0.553. The molecule has 0 aliphatic carbocycles. The van der Waals surface area contributed by atoms with Crippen LogP contribution in [-0.2, 0) is 22.6 Å². The van der Waals surface area contributed by atoms with Crippen molar-refractivity contribution in [2.24, 2.45) is 0 Å². The lowest BCUT2D eigenvalue weighted by Crippen LogP contribution is -2.49. The Labute approximate surface area is 179 Å². The van der Waals surface area contributed by atoms with Crippen LogP contribution in [0.15, 0.2) is 48.5 Å². The highest BCUT2D eigenvalue weighted by molar-refractivity contribution is 6.31. The van der Waals surface area contributed by atoms with Gasteiger partial charge in [-0.3, -0.25) is 9.59 Å². The molecule has 5 heteroatoms. The fourth-order valence-electron chi connectivity index (χ4n) is 3.14. The van der Waals surface area contributed by atoms with Crippen molar-refractivity contribution in [3.8, 4) is 0 Å². The monoisotopic (exact) mass is 414 g/mol. The van der Waals surface area contributed by atoms with Gasteiger partial charge in [0.2, 0.25) is 11.8 Å². The number of nitrogens with one attached hydrogen (secondary N) is 1. The summed E-state index contributed by atoms with van der Waals surface area (Å²) in [7, 11) is 0. The van der Waals surface area contributed by atoms with Gasteiger partial charge in [-0.25, -0.2) is 0 Å². The van der Waals surface area contributed by atoms with E-state index in [1.165, 1.54) is 0 Å². The lowest BCUT2D eigenvalue weighted by Gasteiger charge is -2.30. The first-order chi connectivity index (χ1) is 13.8. The predicted molar refractivity (Wildman–Crippen MR) is 119 cm³/mol. The molecule has 0 spiro atoms. The molecule has 0 bridgehead atoms. The summed E-state index contributed by atoms with van der Waals surface area (Å²) in [4.78, 5) is 27.5. The summed E-state index contributed by atoms with van der Waals surface area (Å²) in [6.07, 6.45) is 1.69. The Kier molecular flexibility index (Phi) is 8.71. The molecule has 156 valence electrons. The van der Waals surface area contributed by atoms with Gasteiger partial charge in [0.05, 0.1) is 0 Å². The summed E-state index contributed by atoms with van der Waals surface area (Å²) >= 11 is 6.23. The fourth-order valence-corrected chi connectivity index (χ4v) is 3.37. The zero-order chi connectivity index (χ0) is 21.4. The molecule has 0 unspecified atom stereocenters. The summed E-state index contributed by atoms with van der Waals surface area (Å²) in [6.45, 7) is 8.20. The standard InChI is InChI=1S/C24H31ClN2O2/c1-5-18(3)26-24(29)19(4)27(16-20-10-8-9-17(2)15-20)23(28)14-13-21-11-6-7-12-22(21)25/h6-12,15,18-19H,5,13-14,16H2,1-4H3,(H,26,29)/t18-,19-/m0/s1. The van der Waals surface area contributed by atoms with Gasteiger partial charge >= 0.3 is 0 Å². The summed E-state index contributed by atoms with van der Waals surface area (Å²) in [5.41, 5.74) is 3.08. The van der Waals surface area contributed by atoms with Crippen LogP contribution in [0.3, 0.4) is 0 Å². The molecular weight excluding hydrogens is 384 g/mol. The highest BCUT2D eigenvalue weighted by Gasteiger charge is 2.26. The van der Waals surface area contributed by atoms with Crippen LogP contribution >= 0.6 is 11.6 Å². The predicted octanol–water partition coefficient (Wildman–Crippen LogP) is 4.91. The van der Waals surface area contributed by atoms with Crippen LogP contribution in [0.2, 0.25) is 5.02 Å². The van der Waals surface area contributed by atoms with Gasteiger partial charge in [-0.2, -0.15) is 0 Å². The van der Waals surface area contributed by atoms with E-state index in [4.69, 9.17) is 11.6 Å². The molecule has 0 fully saturated rings. The van der Waals surface area contributed by atoms with Gasteiger partial charge in [0.15, 0.2) is 0 Å². The highest BCUT2D eigenvalue weighted by Crippen LogP contribution is 2.19. The number of hydrogen-bond acceptors (Lipinski definition) is 2. The molecule has 0 aliphatic heterocycles. The van der Waals surface area contributed by atoms with E-state index in [-0.39, 0.29) is 17.9 Å². The zero-order valence-electron chi connectivity index (χ0n) is 17.7. The van der Waals surface area contributed by atoms with Gasteiger partial charge in [0.1, 0.15) is 6.04 Å². The Hall–Kier alpha value is -2.33. The number of benzene rings is 2. The average Bonchev–Trinajstić information content (AvgIpc) is 2.70. The maximum atomic E-state index is 13.1. The Morgan fingerprint density at radius 2 is 1.83 bits per heavy atom. The highest BCUT2D eigenvalue weighted by atomic mass is 35.5. The van der Waals surface area contributed by atoms with E-state index in [0.717, 1.165) is 23.1 Å². The summed E-state index contributed by atoms with van der Waals surface area (Å²) in [6, 6.07) is 15.1. The molecule has 2 amide bonds. The van der Waals surface area contributed by atoms with Crippen LogP contribution in [0.25, 0.3) is 0 Å². The van der Waals surface area contributed by atoms with Crippen molar-refractivity contribution >= 4 is 23.4 Å². The van der Waals surface area contributed by atoms with Gasteiger partial charge in [0, 0.05) is 24.0 Å². The molecule has 0 aromatic heterocycles. The second-order valence-corrected chi connectivity index (χ2v) is 8.00. The second-order valence-electron chi connectivity index (χ2n) is 7.60. The number of rotatable bonds is 9. The normalized spacial score (nSPS) is 12.9. The van der Waals surface area contributed by atoms with Gasteiger partial charge in [-0.15, -0.1) is 0 Å². The molecule has 29 heavy (non-hydrogen) atoms. The molecule has 0 saturated heterocycles. The smallest absolute Gasteiger partial charge is 0.242 e. The molecule has 4 nitrogen and oxygen atoms in total. The topological polar surface area (TPSA) is 49.4 Å². The minimum Gasteiger partial charge on any atom is -0.352 e. The van der Waals surface area contributed by atoms with Crippen molar-refractivity contribution in [2.75, 3.05) is 0 Å². The van der Waals surface area contributed by atoms with Gasteiger partial charge < -0.3 is 10.2 Å². The number of halogens is 1. The van der Waals surface area contributed by atoms with Crippen LogP contribution in [0, 0.1) is 6.92 Å². The molecular formula is C24H31ClN2O2. The van der Waals surface area contributed by atoms with Crippen molar-refractivity contribution < 1.29 is 9.59 Å². The molecule has 2 atom stereocenters. The summed E-state index contributed by atoms with van der Waals surface area (Å²) in [5.74, 6) is -0.184. The number of carbonyl (C=O) groups excluding carboxylic acids is 2. The maximum absolute atomic E-state index is 13.1. The number of amides is 2. The van der Waals surface area contributed by atoms with E-state index in [1.54, 1.807) is 11.8 Å². The SMILES string of the molecule is CC[C@H](C)NC(=O)[C@H](C)N(Cc1cccc(C)c1)C(=O)CCc1ccccc1Cl. The van der Waals surface area contributed by atoms with Gasteiger partial charge in [-0.1, -0.05) is 66.6 Å². The van der Waals surface area contributed by atoms with E-state index >= 15 is 0 Å². The number of aryl methyl sites for hydroxylation is 2. The summed E-state index contributed by atoms with van der Waals surface area (Å²) in [5, 5.41) is 3.65. The third kappa shape index (κ3) is 6.90. The number of hydrogen-bond donors (Lipinski definition) is 1. The van der Waals surface area contributed by atoms with Crippen LogP contribution in [0.1, 0.15) is 50.3 Å². The first-order valence-corrected chi connectivity index (χ1v) is 10.6. The zero-order valence-corrected chi connectivity index (χ0v) is 18.5. The van der Waals surface area contributed by atoms with E-state index in [9.17, 15) is 9.59 Å². The molecule has 2 aromatic carbocycles. The van der Waals surface area contributed by atoms with Crippen LogP contribution < -0.4 is 5.32 Å². The Balaban J connectivity index is 2.17. The fraction of sp³-hybridized carbons (Fsp3) is 0.417. The lowest BCUT2D eigenvalue weighted by atomic mass is 10.1. The Morgan fingerprint density at radius 3 is 2.48 bits per heavy atom. The molecule has 0 aliphatic rings. The average molecular weight is 415 g/mol. The Morgan fingerprint density at radius 1 is 1.10 bits per heavy atom. The first kappa shape index (κ1) is 23.0. The number of carbonyl (C=O) groups is 2. The molecule has 0 radical (unpaired) electrons. The van der Waals surface area contributed by atoms with Gasteiger partial charge in [-0.05, 0) is 50.8 Å². The van der Waals surface area contributed by atoms with E-state index < -0.39 is 6.04 Å². The minimum absolute atomic E-state index is 0.0572. The first-order valence-electron chi connectivity index (χ1n) is 10.2. The third-order valence-electron chi connectivity index (χ3n) is 5.17. The maximum Gasteiger partial charge on any atom is 0.242 e. The van der Waals surface area contributed by atoms with Crippen molar-refractivity contribution in [3.63, 3.8) is 0 Å². The number of nitrogens with zero attached hydrogens (tertiary/aromatic N) is 1. The molecule has 0 heterocycles. The van der Waals surface area contributed by atoms with E-state index in [2.05, 4.69) is 5.32 Å². The lowest BCUT2D eigenvalue weighted by molar-refractivity contribution is -0.140. The second kappa shape index (κ2) is 11.0. The van der Waals surface area contributed by atoms with Crippen molar-refractivity contribution in [1.29, 1.82) is 0 Å². The van der Waals surface area contributed by atoms with Crippen LogP contribution in [0.4, 0.5) is 0 Å². The largest absolute Gasteiger partial charge is 0.352 e. The Bertz CT molecular complexity index is 837. The van der Waals surface area contributed by atoms with Gasteiger partial charge in [0.25, 0.3) is 0 Å². The van der Waals surface area contributed by atoms with Crippen molar-refractivity contribution in [3.05, 3.63) is 70.2 Å². The van der Waals surface area contributed by atoms with Crippen LogP contribution in [0.5, 0.6) is 0 Å². The van der Waals surface area contributed by atoms with E-state index in [1.807, 2.05) is 69.3 Å². The van der Waals surface area contributed by atoms with Crippen molar-refractivity contribution in [1.82, 2.24) is 10.2 Å².